The molecule has 0 aliphatic carbocycles. The third-order valence-electron chi connectivity index (χ3n) is 8.15. The van der Waals surface area contributed by atoms with Gasteiger partial charge in [0.2, 0.25) is 11.8 Å². The van der Waals surface area contributed by atoms with Gasteiger partial charge in [0.1, 0.15) is 0 Å². The molecule has 41 heavy (non-hydrogen) atoms. The third kappa shape index (κ3) is 31.6. The van der Waals surface area contributed by atoms with Crippen molar-refractivity contribution in [2.75, 3.05) is 39.3 Å². The first-order chi connectivity index (χ1) is 20.1. The summed E-state index contributed by atoms with van der Waals surface area (Å²) in [7, 11) is 0. The Morgan fingerprint density at radius 2 is 0.854 bits per heavy atom. The van der Waals surface area contributed by atoms with Gasteiger partial charge in [-0.25, -0.2) is 0 Å². The maximum atomic E-state index is 12.2. The van der Waals surface area contributed by atoms with Gasteiger partial charge in [-0.1, -0.05) is 136 Å². The number of rotatable bonds is 33. The van der Waals surface area contributed by atoms with Gasteiger partial charge in [0, 0.05) is 39.0 Å². The van der Waals surface area contributed by atoms with E-state index >= 15 is 0 Å². The average molecular weight is 582 g/mol. The fraction of sp³-hybridized carbons (Fsp3) is 0.943. The predicted octanol–water partition coefficient (Wildman–Crippen LogP) is 8.31. The summed E-state index contributed by atoms with van der Waals surface area (Å²) < 4.78 is 0. The lowest BCUT2D eigenvalue weighted by Crippen LogP contribution is -2.33. The van der Waals surface area contributed by atoms with Gasteiger partial charge in [-0.3, -0.25) is 9.59 Å². The number of amides is 2. The molecule has 6 heteroatoms. The van der Waals surface area contributed by atoms with Gasteiger partial charge in [0.15, 0.2) is 0 Å². The van der Waals surface area contributed by atoms with Gasteiger partial charge in [-0.15, -0.1) is 0 Å². The Labute approximate surface area is 255 Å². The lowest BCUT2D eigenvalue weighted by Gasteiger charge is -2.21. The minimum Gasteiger partial charge on any atom is -0.395 e. The van der Waals surface area contributed by atoms with E-state index in [0.29, 0.717) is 25.9 Å². The molecule has 0 bridgehead atoms. The van der Waals surface area contributed by atoms with E-state index in [1.165, 1.54) is 116 Å². The van der Waals surface area contributed by atoms with Crippen LogP contribution >= 0.6 is 0 Å². The second-order valence-corrected chi connectivity index (χ2v) is 12.2. The summed E-state index contributed by atoms with van der Waals surface area (Å²) in [6.07, 6.45) is 30.1. The molecule has 0 fully saturated rings. The summed E-state index contributed by atoms with van der Waals surface area (Å²) in [5, 5.41) is 15.5. The molecule has 3 N–H and O–H groups in total. The Hall–Kier alpha value is -1.14. The average Bonchev–Trinajstić information content (AvgIpc) is 2.97. The van der Waals surface area contributed by atoms with E-state index in [-0.39, 0.29) is 18.4 Å². The molecule has 0 aliphatic heterocycles. The number of hydrogen-bond donors (Lipinski definition) is 3. The summed E-state index contributed by atoms with van der Waals surface area (Å²) in [6, 6.07) is 0. The highest BCUT2D eigenvalue weighted by Crippen LogP contribution is 2.11. The van der Waals surface area contributed by atoms with Gasteiger partial charge in [0.25, 0.3) is 0 Å². The van der Waals surface area contributed by atoms with E-state index in [1.807, 2.05) is 0 Å². The van der Waals surface area contributed by atoms with Crippen molar-refractivity contribution >= 4 is 11.8 Å². The highest BCUT2D eigenvalue weighted by atomic mass is 16.3. The molecule has 0 unspecified atom stereocenters. The maximum Gasteiger partial charge on any atom is 0.221 e. The number of carbonyl (C=O) groups is 2. The Bertz CT molecular complexity index is 559. The van der Waals surface area contributed by atoms with Crippen LogP contribution in [0.2, 0.25) is 0 Å². The van der Waals surface area contributed by atoms with E-state index < -0.39 is 0 Å². The first kappa shape index (κ1) is 39.9. The topological polar surface area (TPSA) is 81.7 Å². The van der Waals surface area contributed by atoms with Crippen molar-refractivity contribution in [2.24, 2.45) is 0 Å². The molecule has 0 heterocycles. The Morgan fingerprint density at radius 3 is 1.29 bits per heavy atom. The lowest BCUT2D eigenvalue weighted by atomic mass is 10.1. The second kappa shape index (κ2) is 33.4. The Balaban J connectivity index is 3.60. The van der Waals surface area contributed by atoms with Gasteiger partial charge in [-0.05, 0) is 32.2 Å². The van der Waals surface area contributed by atoms with Crippen molar-refractivity contribution in [3.63, 3.8) is 0 Å². The van der Waals surface area contributed by atoms with Crippen LogP contribution in [0.3, 0.4) is 0 Å². The lowest BCUT2D eigenvalue weighted by molar-refractivity contribution is -0.122. The van der Waals surface area contributed by atoms with Crippen LogP contribution in [0, 0.1) is 0 Å². The zero-order valence-electron chi connectivity index (χ0n) is 27.6. The van der Waals surface area contributed by atoms with Crippen LogP contribution in [-0.2, 0) is 9.59 Å². The summed E-state index contributed by atoms with van der Waals surface area (Å²) >= 11 is 0. The number of carbonyl (C=O) groups excluding carboxylic acids is 2. The van der Waals surface area contributed by atoms with Crippen LogP contribution in [0.1, 0.15) is 174 Å². The molecule has 0 aromatic carbocycles. The predicted molar refractivity (Wildman–Crippen MR) is 176 cm³/mol. The van der Waals surface area contributed by atoms with E-state index in [9.17, 15) is 14.7 Å². The van der Waals surface area contributed by atoms with Gasteiger partial charge in [-0.2, -0.15) is 0 Å². The van der Waals surface area contributed by atoms with E-state index in [0.717, 1.165) is 51.7 Å². The number of aliphatic hydroxyl groups is 1. The van der Waals surface area contributed by atoms with E-state index in [4.69, 9.17) is 0 Å². The zero-order chi connectivity index (χ0) is 30.1. The fourth-order valence-electron chi connectivity index (χ4n) is 5.39. The zero-order valence-corrected chi connectivity index (χ0v) is 27.6. The van der Waals surface area contributed by atoms with Crippen molar-refractivity contribution in [3.8, 4) is 0 Å². The molecule has 0 aliphatic rings. The molecule has 0 aromatic rings. The number of unbranched alkanes of at least 4 members (excludes halogenated alkanes) is 20. The van der Waals surface area contributed by atoms with E-state index in [1.54, 1.807) is 0 Å². The monoisotopic (exact) mass is 582 g/mol. The number of nitrogens with one attached hydrogen (secondary N) is 2. The SMILES string of the molecule is CCCCCCCCCCCCNC(=O)CCCCCN(CCO)CCC(=O)NCCCCCCCCCCCC. The maximum absolute atomic E-state index is 12.2. The summed E-state index contributed by atoms with van der Waals surface area (Å²) in [4.78, 5) is 26.5. The highest BCUT2D eigenvalue weighted by molar-refractivity contribution is 5.76. The molecule has 2 amide bonds. The Morgan fingerprint density at radius 1 is 0.463 bits per heavy atom. The van der Waals surface area contributed by atoms with E-state index in [2.05, 4.69) is 29.4 Å². The molecule has 244 valence electrons. The van der Waals surface area contributed by atoms with Crippen molar-refractivity contribution in [1.82, 2.24) is 15.5 Å². The van der Waals surface area contributed by atoms with Crippen LogP contribution in [0.4, 0.5) is 0 Å². The molecule has 0 rings (SSSR count). The molecule has 0 atom stereocenters. The fourth-order valence-corrected chi connectivity index (χ4v) is 5.39. The smallest absolute Gasteiger partial charge is 0.221 e. The number of aliphatic hydroxyl groups excluding tert-OH is 1. The van der Waals surface area contributed by atoms with Crippen LogP contribution < -0.4 is 10.6 Å². The molecule has 0 saturated heterocycles. The number of hydrogen-bond acceptors (Lipinski definition) is 4. The summed E-state index contributed by atoms with van der Waals surface area (Å²) in [6.45, 7) is 8.37. The standard InChI is InChI=1S/C35H71N3O3/c1-3-5-7-9-11-13-15-17-19-23-28-36-34(40)26-22-21-25-30-38(32-33-39)31-27-35(41)37-29-24-20-18-16-14-12-10-8-6-4-2/h39H,3-33H2,1-2H3,(H,36,40)(H,37,41). The normalized spacial score (nSPS) is 11.3. The molecular weight excluding hydrogens is 510 g/mol. The van der Waals surface area contributed by atoms with Crippen molar-refractivity contribution in [1.29, 1.82) is 0 Å². The quantitative estimate of drug-likeness (QED) is 0.0681. The number of nitrogens with zero attached hydrogens (tertiary/aromatic N) is 1. The summed E-state index contributed by atoms with van der Waals surface area (Å²) in [5.41, 5.74) is 0. The van der Waals surface area contributed by atoms with Crippen LogP contribution in [0.25, 0.3) is 0 Å². The molecular formula is C35H71N3O3. The van der Waals surface area contributed by atoms with Gasteiger partial charge in [0.05, 0.1) is 6.61 Å². The third-order valence-corrected chi connectivity index (χ3v) is 8.15. The van der Waals surface area contributed by atoms with Crippen molar-refractivity contribution < 1.29 is 14.7 Å². The second-order valence-electron chi connectivity index (χ2n) is 12.2. The minimum atomic E-state index is 0.113. The molecule has 0 saturated carbocycles. The molecule has 6 nitrogen and oxygen atoms in total. The van der Waals surface area contributed by atoms with Crippen molar-refractivity contribution in [2.45, 2.75) is 174 Å². The molecule has 0 aromatic heterocycles. The van der Waals surface area contributed by atoms with Crippen molar-refractivity contribution in [3.05, 3.63) is 0 Å². The minimum absolute atomic E-state index is 0.113. The largest absolute Gasteiger partial charge is 0.395 e. The highest BCUT2D eigenvalue weighted by Gasteiger charge is 2.08. The summed E-state index contributed by atoms with van der Waals surface area (Å²) in [5.74, 6) is 0.287. The van der Waals surface area contributed by atoms with Crippen LogP contribution in [0.5, 0.6) is 0 Å². The Kier molecular flexibility index (Phi) is 32.4. The van der Waals surface area contributed by atoms with Crippen LogP contribution in [-0.4, -0.2) is 61.2 Å². The van der Waals surface area contributed by atoms with Crippen LogP contribution in [0.15, 0.2) is 0 Å². The van der Waals surface area contributed by atoms with Gasteiger partial charge >= 0.3 is 0 Å². The molecule has 0 spiro atoms. The van der Waals surface area contributed by atoms with Gasteiger partial charge < -0.3 is 20.6 Å². The molecule has 0 radical (unpaired) electrons. The first-order valence-corrected chi connectivity index (χ1v) is 18.0. The first-order valence-electron chi connectivity index (χ1n) is 18.0.